The monoisotopic (exact) mass is 231 g/mol. The average Bonchev–Trinajstić information content (AvgIpc) is 2.37. The van der Waals surface area contributed by atoms with Gasteiger partial charge in [-0.15, -0.1) is 0 Å². The number of carbonyl (C=O) groups excluding carboxylic acids is 1. The lowest BCUT2D eigenvalue weighted by Crippen LogP contribution is -2.35. The molecule has 0 fully saturated rings. The van der Waals surface area contributed by atoms with Gasteiger partial charge in [0.05, 0.1) is 17.7 Å². The summed E-state index contributed by atoms with van der Waals surface area (Å²) in [4.78, 5) is 20.2. The zero-order chi connectivity index (χ0) is 12.3. The number of carbonyl (C=O) groups is 1. The molecule has 0 radical (unpaired) electrons. The summed E-state index contributed by atoms with van der Waals surface area (Å²) in [6.07, 6.45) is 3.13. The van der Waals surface area contributed by atoms with Crippen LogP contribution in [0.1, 0.15) is 17.3 Å². The molecule has 1 heterocycles. The van der Waals surface area contributed by atoms with Gasteiger partial charge in [-0.25, -0.2) is 0 Å². The van der Waals surface area contributed by atoms with E-state index >= 15 is 0 Å². The molecule has 0 aliphatic rings. The summed E-state index contributed by atoms with van der Waals surface area (Å²) in [7, 11) is 0. The normalized spacial score (nSPS) is 12.4. The van der Waals surface area contributed by atoms with Crippen LogP contribution >= 0.6 is 0 Å². The van der Waals surface area contributed by atoms with E-state index in [1.165, 1.54) is 0 Å². The number of aliphatic hydroxyl groups is 1. The van der Waals surface area contributed by atoms with Crippen molar-refractivity contribution in [1.82, 2.24) is 15.3 Å². The van der Waals surface area contributed by atoms with Crippen LogP contribution in [-0.2, 0) is 0 Å². The van der Waals surface area contributed by atoms with Crippen molar-refractivity contribution in [1.29, 1.82) is 0 Å². The Morgan fingerprint density at radius 2 is 2.18 bits per heavy atom. The Kier molecular flexibility index (Phi) is 3.30. The van der Waals surface area contributed by atoms with Crippen molar-refractivity contribution in [2.24, 2.45) is 0 Å². The van der Waals surface area contributed by atoms with Crippen molar-refractivity contribution >= 4 is 16.9 Å². The van der Waals surface area contributed by atoms with Crippen LogP contribution in [-0.4, -0.2) is 33.6 Å². The standard InChI is InChI=1S/C12H13N3O2/c1-8(7-16)15-12(17)9-3-2-4-10-11(9)14-6-5-13-10/h2-6,8,16H,7H2,1H3,(H,15,17). The number of nitrogens with zero attached hydrogens (tertiary/aromatic N) is 2. The van der Waals surface area contributed by atoms with Crippen molar-refractivity contribution in [3.63, 3.8) is 0 Å². The summed E-state index contributed by atoms with van der Waals surface area (Å²) in [5, 5.41) is 11.6. The Hall–Kier alpha value is -2.01. The van der Waals surface area contributed by atoms with Crippen LogP contribution in [0.25, 0.3) is 11.0 Å². The molecule has 5 heteroatoms. The smallest absolute Gasteiger partial charge is 0.253 e. The zero-order valence-corrected chi connectivity index (χ0v) is 9.42. The van der Waals surface area contributed by atoms with E-state index < -0.39 is 0 Å². The molecule has 5 nitrogen and oxygen atoms in total. The number of amides is 1. The van der Waals surface area contributed by atoms with Gasteiger partial charge in [0.1, 0.15) is 5.52 Å². The first kappa shape index (κ1) is 11.5. The molecule has 0 aliphatic carbocycles. The number of para-hydroxylation sites is 1. The third-order valence-corrected chi connectivity index (χ3v) is 2.39. The molecular formula is C12H13N3O2. The van der Waals surface area contributed by atoms with E-state index in [-0.39, 0.29) is 18.6 Å². The summed E-state index contributed by atoms with van der Waals surface area (Å²) < 4.78 is 0. The highest BCUT2D eigenvalue weighted by Gasteiger charge is 2.13. The lowest BCUT2D eigenvalue weighted by atomic mass is 10.1. The van der Waals surface area contributed by atoms with Crippen LogP contribution in [0.2, 0.25) is 0 Å². The highest BCUT2D eigenvalue weighted by molar-refractivity contribution is 6.04. The summed E-state index contributed by atoms with van der Waals surface area (Å²) >= 11 is 0. The summed E-state index contributed by atoms with van der Waals surface area (Å²) in [5.41, 5.74) is 1.71. The van der Waals surface area contributed by atoms with Gasteiger partial charge in [-0.3, -0.25) is 14.8 Å². The van der Waals surface area contributed by atoms with Crippen molar-refractivity contribution < 1.29 is 9.90 Å². The van der Waals surface area contributed by atoms with Gasteiger partial charge >= 0.3 is 0 Å². The second kappa shape index (κ2) is 4.88. The van der Waals surface area contributed by atoms with E-state index in [0.29, 0.717) is 16.6 Å². The number of benzene rings is 1. The number of aromatic nitrogens is 2. The number of hydrogen-bond donors (Lipinski definition) is 2. The van der Waals surface area contributed by atoms with Crippen LogP contribution in [0, 0.1) is 0 Å². The summed E-state index contributed by atoms with van der Waals surface area (Å²) in [6.45, 7) is 1.64. The number of rotatable bonds is 3. The second-order valence-electron chi connectivity index (χ2n) is 3.79. The van der Waals surface area contributed by atoms with E-state index in [9.17, 15) is 4.79 Å². The fourth-order valence-corrected chi connectivity index (χ4v) is 1.52. The molecule has 0 spiro atoms. The first-order valence-corrected chi connectivity index (χ1v) is 5.34. The molecule has 2 aromatic rings. The Labute approximate surface area is 98.5 Å². The Balaban J connectivity index is 2.38. The maximum atomic E-state index is 11.9. The Morgan fingerprint density at radius 1 is 1.41 bits per heavy atom. The van der Waals surface area contributed by atoms with Gasteiger partial charge in [-0.05, 0) is 19.1 Å². The predicted octanol–water partition coefficient (Wildman–Crippen LogP) is 0.740. The molecular weight excluding hydrogens is 218 g/mol. The fraction of sp³-hybridized carbons (Fsp3) is 0.250. The largest absolute Gasteiger partial charge is 0.394 e. The van der Waals surface area contributed by atoms with Crippen LogP contribution in [0.4, 0.5) is 0 Å². The minimum atomic E-state index is -0.283. The minimum absolute atomic E-state index is 0.0951. The van der Waals surface area contributed by atoms with E-state index in [0.717, 1.165) is 0 Å². The molecule has 1 unspecified atom stereocenters. The lowest BCUT2D eigenvalue weighted by Gasteiger charge is -2.11. The van der Waals surface area contributed by atoms with Crippen LogP contribution in [0.15, 0.2) is 30.6 Å². The Morgan fingerprint density at radius 3 is 2.94 bits per heavy atom. The topological polar surface area (TPSA) is 75.1 Å². The second-order valence-corrected chi connectivity index (χ2v) is 3.79. The van der Waals surface area contributed by atoms with Gasteiger partial charge in [0.2, 0.25) is 0 Å². The van der Waals surface area contributed by atoms with E-state index in [2.05, 4.69) is 15.3 Å². The molecule has 1 aromatic heterocycles. The van der Waals surface area contributed by atoms with Crippen LogP contribution in [0.5, 0.6) is 0 Å². The highest BCUT2D eigenvalue weighted by atomic mass is 16.3. The van der Waals surface area contributed by atoms with Crippen LogP contribution < -0.4 is 5.32 Å². The third-order valence-electron chi connectivity index (χ3n) is 2.39. The summed E-state index contributed by atoms with van der Waals surface area (Å²) in [6, 6.07) is 4.97. The molecule has 17 heavy (non-hydrogen) atoms. The van der Waals surface area contributed by atoms with Gasteiger partial charge in [0, 0.05) is 18.4 Å². The van der Waals surface area contributed by atoms with E-state index in [4.69, 9.17) is 5.11 Å². The molecule has 0 saturated heterocycles. The van der Waals surface area contributed by atoms with Crippen molar-refractivity contribution in [2.45, 2.75) is 13.0 Å². The Bertz CT molecular complexity index is 537. The molecule has 0 saturated carbocycles. The molecule has 0 bridgehead atoms. The fourth-order valence-electron chi connectivity index (χ4n) is 1.52. The number of aliphatic hydroxyl groups excluding tert-OH is 1. The number of hydrogen-bond acceptors (Lipinski definition) is 4. The molecule has 2 N–H and O–H groups in total. The molecule has 1 amide bonds. The maximum absolute atomic E-state index is 11.9. The zero-order valence-electron chi connectivity index (χ0n) is 9.42. The van der Waals surface area contributed by atoms with Crippen molar-refractivity contribution in [2.75, 3.05) is 6.61 Å². The lowest BCUT2D eigenvalue weighted by molar-refractivity contribution is 0.0924. The van der Waals surface area contributed by atoms with Gasteiger partial charge in [0.15, 0.2) is 0 Å². The predicted molar refractivity (Wildman–Crippen MR) is 63.6 cm³/mol. The van der Waals surface area contributed by atoms with Crippen molar-refractivity contribution in [3.8, 4) is 0 Å². The van der Waals surface area contributed by atoms with Crippen LogP contribution in [0.3, 0.4) is 0 Å². The molecule has 88 valence electrons. The quantitative estimate of drug-likeness (QED) is 0.817. The summed E-state index contributed by atoms with van der Waals surface area (Å²) in [5.74, 6) is -0.252. The first-order chi connectivity index (χ1) is 8.22. The van der Waals surface area contributed by atoms with Gasteiger partial charge in [-0.1, -0.05) is 6.07 Å². The number of nitrogens with one attached hydrogen (secondary N) is 1. The highest BCUT2D eigenvalue weighted by Crippen LogP contribution is 2.13. The molecule has 1 atom stereocenters. The third kappa shape index (κ3) is 2.39. The first-order valence-electron chi connectivity index (χ1n) is 5.34. The van der Waals surface area contributed by atoms with E-state index in [1.54, 1.807) is 37.5 Å². The molecule has 0 aliphatic heterocycles. The van der Waals surface area contributed by atoms with E-state index in [1.807, 2.05) is 0 Å². The molecule has 2 rings (SSSR count). The van der Waals surface area contributed by atoms with Gasteiger partial charge in [-0.2, -0.15) is 0 Å². The maximum Gasteiger partial charge on any atom is 0.253 e. The SMILES string of the molecule is CC(CO)NC(=O)c1cccc2nccnc12. The average molecular weight is 231 g/mol. The number of fused-ring (bicyclic) bond motifs is 1. The molecule has 1 aromatic carbocycles. The van der Waals surface area contributed by atoms with Crippen molar-refractivity contribution in [3.05, 3.63) is 36.2 Å². The minimum Gasteiger partial charge on any atom is -0.394 e. The van der Waals surface area contributed by atoms with Gasteiger partial charge in [0.25, 0.3) is 5.91 Å². The van der Waals surface area contributed by atoms with Gasteiger partial charge < -0.3 is 10.4 Å².